The van der Waals surface area contributed by atoms with Crippen molar-refractivity contribution in [3.05, 3.63) is 47.8 Å². The Bertz CT molecular complexity index is 763. The minimum absolute atomic E-state index is 0.292. The highest BCUT2D eigenvalue weighted by molar-refractivity contribution is 7.13. The number of pyridine rings is 1. The third-order valence-corrected chi connectivity index (χ3v) is 3.83. The number of nitrogens with zero attached hydrogens (tertiary/aromatic N) is 3. The second-order valence-electron chi connectivity index (χ2n) is 4.77. The van der Waals surface area contributed by atoms with Crippen LogP contribution in [-0.4, -0.2) is 30.0 Å². The molecule has 6 nitrogen and oxygen atoms in total. The third kappa shape index (κ3) is 2.99. The van der Waals surface area contributed by atoms with E-state index in [4.69, 9.17) is 4.42 Å². The number of carbonyl (C=O) groups excluding carboxylic acids is 1. The van der Waals surface area contributed by atoms with Crippen LogP contribution >= 0.6 is 11.3 Å². The number of anilines is 2. The van der Waals surface area contributed by atoms with Crippen LogP contribution in [0.3, 0.4) is 0 Å². The van der Waals surface area contributed by atoms with Crippen LogP contribution in [0.15, 0.2) is 46.5 Å². The number of hydrogen-bond acceptors (Lipinski definition) is 6. The van der Waals surface area contributed by atoms with E-state index in [1.807, 2.05) is 31.1 Å². The van der Waals surface area contributed by atoms with Gasteiger partial charge in [-0.25, -0.2) is 9.97 Å². The molecular formula is C15H14N4O2S. The predicted molar refractivity (Wildman–Crippen MR) is 86.3 cm³/mol. The zero-order chi connectivity index (χ0) is 15.5. The van der Waals surface area contributed by atoms with Gasteiger partial charge in [-0.05, 0) is 24.3 Å². The lowest BCUT2D eigenvalue weighted by Crippen LogP contribution is -2.14. The van der Waals surface area contributed by atoms with Gasteiger partial charge in [0.05, 0.1) is 18.1 Å². The maximum atomic E-state index is 12.2. The van der Waals surface area contributed by atoms with E-state index in [0.29, 0.717) is 22.3 Å². The smallest absolute Gasteiger partial charge is 0.276 e. The largest absolute Gasteiger partial charge is 0.462 e. The summed E-state index contributed by atoms with van der Waals surface area (Å²) >= 11 is 1.36. The summed E-state index contributed by atoms with van der Waals surface area (Å²) in [5.74, 6) is 0.847. The molecule has 0 spiro atoms. The number of amides is 1. The summed E-state index contributed by atoms with van der Waals surface area (Å²) in [6, 6.07) is 7.24. The Morgan fingerprint density at radius 3 is 2.82 bits per heavy atom. The molecule has 3 heterocycles. The topological polar surface area (TPSA) is 71.3 Å². The van der Waals surface area contributed by atoms with Crippen LogP contribution < -0.4 is 10.2 Å². The number of carbonyl (C=O) groups is 1. The van der Waals surface area contributed by atoms with Crippen LogP contribution in [0.2, 0.25) is 0 Å². The first kappa shape index (κ1) is 14.3. The second-order valence-corrected chi connectivity index (χ2v) is 5.62. The lowest BCUT2D eigenvalue weighted by Gasteiger charge is -2.11. The number of furan rings is 1. The molecule has 22 heavy (non-hydrogen) atoms. The van der Waals surface area contributed by atoms with Crippen molar-refractivity contribution < 1.29 is 9.21 Å². The van der Waals surface area contributed by atoms with Crippen LogP contribution in [-0.2, 0) is 0 Å². The maximum absolute atomic E-state index is 12.2. The first-order valence-corrected chi connectivity index (χ1v) is 7.45. The van der Waals surface area contributed by atoms with Gasteiger partial charge in [-0.3, -0.25) is 4.79 Å². The van der Waals surface area contributed by atoms with Crippen LogP contribution in [0, 0.1) is 0 Å². The molecule has 0 aliphatic rings. The molecule has 0 fully saturated rings. The zero-order valence-electron chi connectivity index (χ0n) is 12.1. The number of rotatable bonds is 4. The molecule has 1 amide bonds. The number of thiazole rings is 1. The van der Waals surface area contributed by atoms with Gasteiger partial charge in [-0.2, -0.15) is 0 Å². The summed E-state index contributed by atoms with van der Waals surface area (Å²) in [5.41, 5.74) is 1.31. The molecule has 1 N–H and O–H groups in total. The number of nitrogens with one attached hydrogen (secondary N) is 1. The quantitative estimate of drug-likeness (QED) is 0.801. The van der Waals surface area contributed by atoms with E-state index >= 15 is 0 Å². The molecule has 0 radical (unpaired) electrons. The van der Waals surface area contributed by atoms with Gasteiger partial charge in [-0.1, -0.05) is 0 Å². The Balaban J connectivity index is 1.72. The Kier molecular flexibility index (Phi) is 3.88. The summed E-state index contributed by atoms with van der Waals surface area (Å²) in [6.07, 6.45) is 3.28. The summed E-state index contributed by atoms with van der Waals surface area (Å²) in [7, 11) is 3.86. The van der Waals surface area contributed by atoms with Crippen LogP contribution in [0.4, 0.5) is 11.5 Å². The predicted octanol–water partition coefficient (Wildman–Crippen LogP) is 3.12. The van der Waals surface area contributed by atoms with Crippen molar-refractivity contribution in [3.8, 4) is 10.8 Å². The van der Waals surface area contributed by atoms with Crippen molar-refractivity contribution in [2.75, 3.05) is 24.3 Å². The Morgan fingerprint density at radius 1 is 1.32 bits per heavy atom. The molecular weight excluding hydrogens is 300 g/mol. The van der Waals surface area contributed by atoms with Gasteiger partial charge >= 0.3 is 0 Å². The fraction of sp³-hybridized carbons (Fsp3) is 0.133. The third-order valence-electron chi connectivity index (χ3n) is 2.97. The van der Waals surface area contributed by atoms with E-state index in [9.17, 15) is 4.79 Å². The maximum Gasteiger partial charge on any atom is 0.276 e. The van der Waals surface area contributed by atoms with Crippen molar-refractivity contribution in [2.24, 2.45) is 0 Å². The minimum atomic E-state index is -0.292. The highest BCUT2D eigenvalue weighted by atomic mass is 32.1. The molecule has 0 unspecified atom stereocenters. The molecule has 0 aliphatic carbocycles. The first-order chi connectivity index (χ1) is 10.6. The summed E-state index contributed by atoms with van der Waals surface area (Å²) < 4.78 is 5.27. The molecule has 7 heteroatoms. The molecule has 3 aromatic heterocycles. The van der Waals surface area contributed by atoms with E-state index in [1.165, 1.54) is 11.3 Å². The van der Waals surface area contributed by atoms with E-state index in [-0.39, 0.29) is 5.91 Å². The average molecular weight is 314 g/mol. The van der Waals surface area contributed by atoms with Gasteiger partial charge in [0.25, 0.3) is 5.91 Å². The van der Waals surface area contributed by atoms with Crippen LogP contribution in [0.5, 0.6) is 0 Å². The van der Waals surface area contributed by atoms with Crippen molar-refractivity contribution in [1.29, 1.82) is 0 Å². The SMILES string of the molecule is CN(C)c1ccc(NC(=O)c2csc(-c3ccco3)n2)nc1. The Hall–Kier alpha value is -2.67. The van der Waals surface area contributed by atoms with Gasteiger partial charge in [-0.15, -0.1) is 11.3 Å². The lowest BCUT2D eigenvalue weighted by atomic mass is 10.3. The van der Waals surface area contributed by atoms with Gasteiger partial charge in [0, 0.05) is 19.5 Å². The fourth-order valence-electron chi connectivity index (χ4n) is 1.80. The van der Waals surface area contributed by atoms with Crippen molar-refractivity contribution >= 4 is 28.7 Å². The molecule has 112 valence electrons. The highest BCUT2D eigenvalue weighted by Crippen LogP contribution is 2.24. The van der Waals surface area contributed by atoms with Crippen LogP contribution in [0.25, 0.3) is 10.8 Å². The number of aromatic nitrogens is 2. The monoisotopic (exact) mass is 314 g/mol. The zero-order valence-corrected chi connectivity index (χ0v) is 12.9. The van der Waals surface area contributed by atoms with Gasteiger partial charge < -0.3 is 14.6 Å². The molecule has 3 rings (SSSR count). The average Bonchev–Trinajstić information content (AvgIpc) is 3.19. The summed E-state index contributed by atoms with van der Waals surface area (Å²) in [4.78, 5) is 22.6. The minimum Gasteiger partial charge on any atom is -0.462 e. The lowest BCUT2D eigenvalue weighted by molar-refractivity contribution is 0.102. The number of hydrogen-bond donors (Lipinski definition) is 1. The molecule has 0 bridgehead atoms. The van der Waals surface area contributed by atoms with E-state index in [1.54, 1.807) is 30.0 Å². The Labute approximate surface area is 131 Å². The van der Waals surface area contributed by atoms with Crippen molar-refractivity contribution in [2.45, 2.75) is 0 Å². The van der Waals surface area contributed by atoms with Gasteiger partial charge in [0.15, 0.2) is 10.8 Å². The molecule has 0 aliphatic heterocycles. The van der Waals surface area contributed by atoms with Crippen molar-refractivity contribution in [3.63, 3.8) is 0 Å². The molecule has 0 aromatic carbocycles. The first-order valence-electron chi connectivity index (χ1n) is 6.57. The molecule has 3 aromatic rings. The highest BCUT2D eigenvalue weighted by Gasteiger charge is 2.13. The van der Waals surface area contributed by atoms with Gasteiger partial charge in [0.2, 0.25) is 0 Å². The van der Waals surface area contributed by atoms with E-state index in [2.05, 4.69) is 15.3 Å². The van der Waals surface area contributed by atoms with E-state index in [0.717, 1.165) is 5.69 Å². The fourth-order valence-corrected chi connectivity index (χ4v) is 2.56. The second kappa shape index (κ2) is 5.98. The normalized spacial score (nSPS) is 10.5. The van der Waals surface area contributed by atoms with Crippen molar-refractivity contribution in [1.82, 2.24) is 9.97 Å². The molecule has 0 saturated carbocycles. The summed E-state index contributed by atoms with van der Waals surface area (Å²) in [5, 5.41) is 5.10. The Morgan fingerprint density at radius 2 is 2.18 bits per heavy atom. The standard InChI is InChI=1S/C15H14N4O2S/c1-19(2)10-5-6-13(16-8-10)18-14(20)11-9-22-15(17-11)12-4-3-7-21-12/h3-9H,1-2H3,(H,16,18,20). The molecule has 0 saturated heterocycles. The molecule has 0 atom stereocenters. The van der Waals surface area contributed by atoms with E-state index < -0.39 is 0 Å². The van der Waals surface area contributed by atoms with Gasteiger partial charge in [0.1, 0.15) is 11.5 Å². The summed E-state index contributed by atoms with van der Waals surface area (Å²) in [6.45, 7) is 0. The van der Waals surface area contributed by atoms with Crippen LogP contribution in [0.1, 0.15) is 10.5 Å².